The summed E-state index contributed by atoms with van der Waals surface area (Å²) in [7, 11) is 0. The number of benzene rings is 1. The molecule has 0 radical (unpaired) electrons. The molecule has 3 amide bonds. The minimum Gasteiger partial charge on any atom is -0.339 e. The molecule has 1 aromatic carbocycles. The molecule has 5 nitrogen and oxygen atoms in total. The lowest BCUT2D eigenvalue weighted by molar-refractivity contribution is 0.0793. The first-order valence-electron chi connectivity index (χ1n) is 10.3. The van der Waals surface area contributed by atoms with Gasteiger partial charge < -0.3 is 15.1 Å². The summed E-state index contributed by atoms with van der Waals surface area (Å²) in [5, 5.41) is 2.99. The van der Waals surface area contributed by atoms with E-state index in [2.05, 4.69) is 33.0 Å². The second-order valence-electron chi connectivity index (χ2n) is 8.36. The largest absolute Gasteiger partial charge is 0.339 e. The smallest absolute Gasteiger partial charge is 0.321 e. The molecule has 0 aliphatic carbocycles. The Morgan fingerprint density at radius 3 is 1.96 bits per heavy atom. The molecule has 1 saturated heterocycles. The molecule has 2 rings (SSSR count). The van der Waals surface area contributed by atoms with Crippen molar-refractivity contribution in [1.29, 1.82) is 0 Å². The number of likely N-dealkylation sites (tertiary alicyclic amines) is 1. The number of nitrogens with one attached hydrogen (secondary N) is 1. The Bertz CT molecular complexity index is 592. The third-order valence-electron chi connectivity index (χ3n) is 5.02. The summed E-state index contributed by atoms with van der Waals surface area (Å²) in [6.45, 7) is 11.9. The predicted molar refractivity (Wildman–Crippen MR) is 111 cm³/mol. The Kier molecular flexibility index (Phi) is 8.14. The Hall–Kier alpha value is -2.04. The minimum atomic E-state index is -0.0603. The number of amides is 3. The van der Waals surface area contributed by atoms with Gasteiger partial charge >= 0.3 is 6.03 Å². The summed E-state index contributed by atoms with van der Waals surface area (Å²) in [6, 6.07) is 7.20. The van der Waals surface area contributed by atoms with Crippen LogP contribution in [0, 0.1) is 11.8 Å². The second kappa shape index (κ2) is 10.3. The van der Waals surface area contributed by atoms with Crippen molar-refractivity contribution in [3.05, 3.63) is 29.8 Å². The van der Waals surface area contributed by atoms with Crippen LogP contribution >= 0.6 is 0 Å². The molecule has 0 atom stereocenters. The van der Waals surface area contributed by atoms with Crippen molar-refractivity contribution in [3.63, 3.8) is 0 Å². The molecular formula is C22H35N3O2. The number of anilines is 1. The van der Waals surface area contributed by atoms with Crippen molar-refractivity contribution in [2.75, 3.05) is 31.5 Å². The molecule has 0 saturated carbocycles. The third kappa shape index (κ3) is 6.89. The van der Waals surface area contributed by atoms with Crippen LogP contribution < -0.4 is 5.32 Å². The fourth-order valence-corrected chi connectivity index (χ4v) is 3.14. The van der Waals surface area contributed by atoms with Gasteiger partial charge in [0.25, 0.3) is 5.91 Å². The van der Waals surface area contributed by atoms with Gasteiger partial charge in [0.1, 0.15) is 0 Å². The summed E-state index contributed by atoms with van der Waals surface area (Å²) >= 11 is 0. The monoisotopic (exact) mass is 373 g/mol. The lowest BCUT2D eigenvalue weighted by Gasteiger charge is -2.25. The van der Waals surface area contributed by atoms with E-state index < -0.39 is 0 Å². The fraction of sp³-hybridized carbons (Fsp3) is 0.636. The van der Waals surface area contributed by atoms with E-state index in [0.717, 1.165) is 57.5 Å². The van der Waals surface area contributed by atoms with Crippen LogP contribution in [-0.2, 0) is 0 Å². The van der Waals surface area contributed by atoms with Crippen LogP contribution in [0.4, 0.5) is 10.5 Å². The van der Waals surface area contributed by atoms with Crippen LogP contribution in [0.2, 0.25) is 0 Å². The molecule has 150 valence electrons. The van der Waals surface area contributed by atoms with Gasteiger partial charge in [-0.2, -0.15) is 0 Å². The lowest BCUT2D eigenvalue weighted by atomic mass is 10.1. The van der Waals surface area contributed by atoms with Gasteiger partial charge in [0.05, 0.1) is 0 Å². The number of hydrogen-bond donors (Lipinski definition) is 1. The van der Waals surface area contributed by atoms with Crippen LogP contribution in [0.1, 0.15) is 63.7 Å². The van der Waals surface area contributed by atoms with Gasteiger partial charge in [-0.1, -0.05) is 27.7 Å². The van der Waals surface area contributed by atoms with Crippen LogP contribution in [0.3, 0.4) is 0 Å². The van der Waals surface area contributed by atoms with Gasteiger partial charge in [-0.3, -0.25) is 4.79 Å². The summed E-state index contributed by atoms with van der Waals surface area (Å²) in [5.41, 5.74) is 1.42. The van der Waals surface area contributed by atoms with Crippen molar-refractivity contribution in [2.24, 2.45) is 11.8 Å². The molecule has 27 heavy (non-hydrogen) atoms. The van der Waals surface area contributed by atoms with E-state index in [0.29, 0.717) is 17.4 Å². The van der Waals surface area contributed by atoms with Gasteiger partial charge in [-0.05, 0) is 61.8 Å². The first-order chi connectivity index (χ1) is 12.9. The molecule has 1 aliphatic rings. The van der Waals surface area contributed by atoms with Gasteiger partial charge in [-0.15, -0.1) is 0 Å². The number of urea groups is 1. The summed E-state index contributed by atoms with van der Waals surface area (Å²) in [5.74, 6) is 1.21. The molecular weight excluding hydrogens is 338 g/mol. The Balaban J connectivity index is 1.95. The Morgan fingerprint density at radius 2 is 1.48 bits per heavy atom. The van der Waals surface area contributed by atoms with Crippen molar-refractivity contribution in [1.82, 2.24) is 9.80 Å². The van der Waals surface area contributed by atoms with E-state index in [1.807, 2.05) is 34.1 Å². The quantitative estimate of drug-likeness (QED) is 0.708. The van der Waals surface area contributed by atoms with Crippen LogP contribution in [0.15, 0.2) is 24.3 Å². The standard InChI is InChI=1S/C22H35N3O2/c1-17(2)11-15-25(16-12-18(3)4)22(27)23-20-9-7-19(8-10-20)21(26)24-13-5-6-14-24/h7-10,17-18H,5-6,11-16H2,1-4H3,(H,23,27). The van der Waals surface area contributed by atoms with E-state index >= 15 is 0 Å². The highest BCUT2D eigenvalue weighted by Crippen LogP contribution is 2.16. The second-order valence-corrected chi connectivity index (χ2v) is 8.36. The average Bonchev–Trinajstić information content (AvgIpc) is 3.16. The third-order valence-corrected chi connectivity index (χ3v) is 5.02. The maximum atomic E-state index is 12.7. The number of rotatable bonds is 8. The van der Waals surface area contributed by atoms with Crippen molar-refractivity contribution < 1.29 is 9.59 Å². The van der Waals surface area contributed by atoms with Crippen LogP contribution in [0.5, 0.6) is 0 Å². The van der Waals surface area contributed by atoms with E-state index in [4.69, 9.17) is 0 Å². The zero-order chi connectivity index (χ0) is 19.8. The maximum absolute atomic E-state index is 12.7. The van der Waals surface area contributed by atoms with Gasteiger partial charge in [0.2, 0.25) is 0 Å². The lowest BCUT2D eigenvalue weighted by Crippen LogP contribution is -2.37. The number of carbonyl (C=O) groups excluding carboxylic acids is 2. The summed E-state index contributed by atoms with van der Waals surface area (Å²) < 4.78 is 0. The molecule has 0 spiro atoms. The topological polar surface area (TPSA) is 52.7 Å². The van der Waals surface area contributed by atoms with Gasteiger partial charge in [-0.25, -0.2) is 4.79 Å². The first kappa shape index (κ1) is 21.3. The summed E-state index contributed by atoms with van der Waals surface area (Å²) in [6.07, 6.45) is 4.16. The Morgan fingerprint density at radius 1 is 0.963 bits per heavy atom. The van der Waals surface area contributed by atoms with Gasteiger partial charge in [0, 0.05) is 37.4 Å². The zero-order valence-corrected chi connectivity index (χ0v) is 17.3. The van der Waals surface area contributed by atoms with Crippen molar-refractivity contribution >= 4 is 17.6 Å². The highest BCUT2D eigenvalue weighted by molar-refractivity contribution is 5.95. The highest BCUT2D eigenvalue weighted by Gasteiger charge is 2.19. The van der Waals surface area contributed by atoms with E-state index in [9.17, 15) is 9.59 Å². The zero-order valence-electron chi connectivity index (χ0n) is 17.3. The molecule has 5 heteroatoms. The first-order valence-corrected chi connectivity index (χ1v) is 10.3. The molecule has 1 aromatic rings. The normalized spacial score (nSPS) is 14.1. The summed E-state index contributed by atoms with van der Waals surface area (Å²) in [4.78, 5) is 28.9. The molecule has 1 heterocycles. The molecule has 0 bridgehead atoms. The Labute approximate surface area is 164 Å². The number of carbonyl (C=O) groups is 2. The molecule has 0 unspecified atom stereocenters. The van der Waals surface area contributed by atoms with E-state index in [-0.39, 0.29) is 11.9 Å². The molecule has 1 aliphatic heterocycles. The fourth-order valence-electron chi connectivity index (χ4n) is 3.14. The molecule has 0 aromatic heterocycles. The molecule has 1 N–H and O–H groups in total. The predicted octanol–water partition coefficient (Wildman–Crippen LogP) is 4.85. The number of nitrogens with zero attached hydrogens (tertiary/aromatic N) is 2. The van der Waals surface area contributed by atoms with Crippen molar-refractivity contribution in [3.8, 4) is 0 Å². The number of hydrogen-bond acceptors (Lipinski definition) is 2. The highest BCUT2D eigenvalue weighted by atomic mass is 16.2. The minimum absolute atomic E-state index is 0.0603. The van der Waals surface area contributed by atoms with Gasteiger partial charge in [0.15, 0.2) is 0 Å². The van der Waals surface area contributed by atoms with E-state index in [1.165, 1.54) is 0 Å². The van der Waals surface area contributed by atoms with Crippen LogP contribution in [-0.4, -0.2) is 47.9 Å². The molecule has 1 fully saturated rings. The maximum Gasteiger partial charge on any atom is 0.321 e. The SMILES string of the molecule is CC(C)CCN(CCC(C)C)C(=O)Nc1ccc(C(=O)N2CCCC2)cc1. The van der Waals surface area contributed by atoms with Crippen LogP contribution in [0.25, 0.3) is 0 Å². The van der Waals surface area contributed by atoms with E-state index in [1.54, 1.807) is 0 Å². The van der Waals surface area contributed by atoms with Crippen molar-refractivity contribution in [2.45, 2.75) is 53.4 Å². The average molecular weight is 374 g/mol.